The summed E-state index contributed by atoms with van der Waals surface area (Å²) in [6, 6.07) is 18.1. The van der Waals surface area contributed by atoms with E-state index in [1.54, 1.807) is 7.05 Å². The van der Waals surface area contributed by atoms with Gasteiger partial charge in [-0.25, -0.2) is 0 Å². The molecule has 4 aromatic rings. The Bertz CT molecular complexity index is 1150. The first-order chi connectivity index (χ1) is 14.5. The van der Waals surface area contributed by atoms with Crippen molar-refractivity contribution in [2.45, 2.75) is 6.42 Å². The Morgan fingerprint density at radius 3 is 2.33 bits per heavy atom. The standard InChI is InChI=1S/C21H19Cl2N3.C2H6N2/c1-24-9-8-13-10-17(25-16-5-2-14(22)3-6-16)12-19-18-11-15(23)4-7-20(18)26-21(13)19;1-4-2-3/h2-7,10-12,24-26H,8-9H2,1H3;2H,1H3,(H2,3,4). The minimum atomic E-state index is 0.729. The van der Waals surface area contributed by atoms with E-state index in [0.717, 1.165) is 45.3 Å². The van der Waals surface area contributed by atoms with Gasteiger partial charge >= 0.3 is 0 Å². The first-order valence-corrected chi connectivity index (χ1v) is 10.3. The number of nitrogens with two attached hydrogens (primary N) is 1. The van der Waals surface area contributed by atoms with Crippen LogP contribution in [0, 0.1) is 0 Å². The maximum absolute atomic E-state index is 6.23. The number of fused-ring (bicyclic) bond motifs is 3. The molecule has 4 rings (SSSR count). The average Bonchev–Trinajstić information content (AvgIpc) is 3.12. The molecule has 5 N–H and O–H groups in total. The van der Waals surface area contributed by atoms with E-state index in [9.17, 15) is 0 Å². The molecular formula is C23H25Cl2N5. The normalized spacial score (nSPS) is 11.1. The zero-order valence-electron chi connectivity index (χ0n) is 17.0. The second kappa shape index (κ2) is 10.3. The fraction of sp³-hybridized carbons (Fsp3) is 0.174. The van der Waals surface area contributed by atoms with E-state index >= 15 is 0 Å². The van der Waals surface area contributed by atoms with E-state index < -0.39 is 0 Å². The lowest BCUT2D eigenvalue weighted by Crippen LogP contribution is -2.10. The number of anilines is 2. The molecule has 0 saturated carbocycles. The van der Waals surface area contributed by atoms with Crippen LogP contribution in [0.4, 0.5) is 11.4 Å². The highest BCUT2D eigenvalue weighted by Crippen LogP contribution is 2.33. The highest BCUT2D eigenvalue weighted by atomic mass is 35.5. The molecule has 1 heterocycles. The van der Waals surface area contributed by atoms with Crippen LogP contribution in [0.2, 0.25) is 10.0 Å². The summed E-state index contributed by atoms with van der Waals surface area (Å²) in [7, 11) is 3.60. The third-order valence-electron chi connectivity index (χ3n) is 4.68. The summed E-state index contributed by atoms with van der Waals surface area (Å²) in [6.07, 6.45) is 2.18. The lowest BCUT2D eigenvalue weighted by molar-refractivity contribution is 0.794. The fourth-order valence-corrected chi connectivity index (χ4v) is 3.57. The molecule has 0 atom stereocenters. The lowest BCUT2D eigenvalue weighted by atomic mass is 10.0. The van der Waals surface area contributed by atoms with Crippen LogP contribution < -0.4 is 16.4 Å². The monoisotopic (exact) mass is 441 g/mol. The Hall–Kier alpha value is -2.73. The number of aliphatic imine (C=N–C) groups is 1. The Morgan fingerprint density at radius 2 is 1.67 bits per heavy atom. The number of hydrogen-bond acceptors (Lipinski definition) is 3. The van der Waals surface area contributed by atoms with Gasteiger partial charge in [-0.3, -0.25) is 4.99 Å². The second-order valence-corrected chi connectivity index (χ2v) is 7.64. The summed E-state index contributed by atoms with van der Waals surface area (Å²) in [6.45, 7) is 0.912. The largest absolute Gasteiger partial charge is 0.390 e. The van der Waals surface area contributed by atoms with Crippen LogP contribution in [0.15, 0.2) is 59.6 Å². The molecule has 0 fully saturated rings. The molecule has 0 aliphatic heterocycles. The Labute approximate surface area is 186 Å². The van der Waals surface area contributed by atoms with E-state index in [0.29, 0.717) is 0 Å². The third kappa shape index (κ3) is 5.25. The number of H-pyrrole nitrogens is 1. The van der Waals surface area contributed by atoms with Crippen LogP contribution in [-0.2, 0) is 6.42 Å². The topological polar surface area (TPSA) is 78.2 Å². The molecule has 0 unspecified atom stereocenters. The van der Waals surface area contributed by atoms with E-state index in [1.165, 1.54) is 22.8 Å². The number of likely N-dealkylation sites (N-methyl/N-ethyl adjacent to an activating group) is 1. The van der Waals surface area contributed by atoms with Crippen molar-refractivity contribution in [2.24, 2.45) is 10.7 Å². The van der Waals surface area contributed by atoms with Gasteiger partial charge in [0.25, 0.3) is 0 Å². The van der Waals surface area contributed by atoms with Gasteiger partial charge in [0.1, 0.15) is 0 Å². The summed E-state index contributed by atoms with van der Waals surface area (Å²) in [5.41, 5.74) is 10.3. The summed E-state index contributed by atoms with van der Waals surface area (Å²) in [4.78, 5) is 6.94. The lowest BCUT2D eigenvalue weighted by Gasteiger charge is -2.11. The smallest absolute Gasteiger partial charge is 0.0794 e. The van der Waals surface area contributed by atoms with Gasteiger partial charge in [0.2, 0.25) is 0 Å². The minimum Gasteiger partial charge on any atom is -0.390 e. The minimum absolute atomic E-state index is 0.729. The first kappa shape index (κ1) is 22.0. The Morgan fingerprint density at radius 1 is 0.967 bits per heavy atom. The van der Waals surface area contributed by atoms with Gasteiger partial charge in [0.15, 0.2) is 0 Å². The van der Waals surface area contributed by atoms with Crippen molar-refractivity contribution in [3.63, 3.8) is 0 Å². The van der Waals surface area contributed by atoms with Crippen LogP contribution in [-0.4, -0.2) is 32.0 Å². The van der Waals surface area contributed by atoms with Crippen LogP contribution in [0.1, 0.15) is 5.56 Å². The number of hydrogen-bond donors (Lipinski definition) is 4. The number of halogens is 2. The van der Waals surface area contributed by atoms with Gasteiger partial charge in [-0.2, -0.15) is 0 Å². The van der Waals surface area contributed by atoms with Crippen molar-refractivity contribution >= 4 is 62.7 Å². The number of aromatic nitrogens is 1. The molecule has 0 amide bonds. The van der Waals surface area contributed by atoms with E-state index in [2.05, 4.69) is 32.7 Å². The number of rotatable bonds is 5. The molecule has 30 heavy (non-hydrogen) atoms. The van der Waals surface area contributed by atoms with E-state index in [1.807, 2.05) is 49.5 Å². The average molecular weight is 442 g/mol. The summed E-state index contributed by atoms with van der Waals surface area (Å²) >= 11 is 12.2. The molecule has 5 nitrogen and oxygen atoms in total. The van der Waals surface area contributed by atoms with Crippen molar-refractivity contribution in [1.29, 1.82) is 0 Å². The van der Waals surface area contributed by atoms with Gasteiger partial charge in [-0.15, -0.1) is 0 Å². The van der Waals surface area contributed by atoms with E-state index in [4.69, 9.17) is 28.9 Å². The molecule has 0 radical (unpaired) electrons. The van der Waals surface area contributed by atoms with Crippen LogP contribution in [0.5, 0.6) is 0 Å². The van der Waals surface area contributed by atoms with Gasteiger partial charge in [0, 0.05) is 50.3 Å². The Balaban J connectivity index is 0.000000589. The van der Waals surface area contributed by atoms with Gasteiger partial charge in [0.05, 0.1) is 6.34 Å². The molecule has 0 aliphatic rings. The summed E-state index contributed by atoms with van der Waals surface area (Å²) in [5, 5.41) is 10.5. The fourth-order valence-electron chi connectivity index (χ4n) is 3.27. The predicted molar refractivity (Wildman–Crippen MR) is 132 cm³/mol. The molecule has 0 saturated heterocycles. The van der Waals surface area contributed by atoms with Crippen molar-refractivity contribution in [3.05, 3.63) is 70.2 Å². The molecule has 0 spiro atoms. The zero-order valence-corrected chi connectivity index (χ0v) is 18.5. The predicted octanol–water partition coefficient (Wildman–Crippen LogP) is 5.74. The number of nitrogens with one attached hydrogen (secondary N) is 3. The first-order valence-electron chi connectivity index (χ1n) is 9.59. The number of nitrogens with zero attached hydrogens (tertiary/aromatic N) is 1. The zero-order chi connectivity index (χ0) is 21.5. The maximum atomic E-state index is 6.23. The Kier molecular flexibility index (Phi) is 7.57. The summed E-state index contributed by atoms with van der Waals surface area (Å²) < 4.78 is 0. The van der Waals surface area contributed by atoms with Crippen LogP contribution in [0.25, 0.3) is 21.8 Å². The molecular weight excluding hydrogens is 417 g/mol. The number of aromatic amines is 1. The summed E-state index contributed by atoms with van der Waals surface area (Å²) in [5.74, 6) is 0. The highest BCUT2D eigenvalue weighted by molar-refractivity contribution is 6.32. The van der Waals surface area contributed by atoms with Crippen molar-refractivity contribution in [3.8, 4) is 0 Å². The van der Waals surface area contributed by atoms with Gasteiger partial charge in [-0.1, -0.05) is 23.2 Å². The van der Waals surface area contributed by atoms with Crippen LogP contribution in [0.3, 0.4) is 0 Å². The molecule has 3 aromatic carbocycles. The maximum Gasteiger partial charge on any atom is 0.0794 e. The molecule has 1 aromatic heterocycles. The number of benzene rings is 3. The van der Waals surface area contributed by atoms with Crippen molar-refractivity contribution in [2.75, 3.05) is 26.0 Å². The van der Waals surface area contributed by atoms with Crippen LogP contribution >= 0.6 is 23.2 Å². The van der Waals surface area contributed by atoms with Gasteiger partial charge in [-0.05, 0) is 80.2 Å². The molecule has 7 heteroatoms. The molecule has 0 aliphatic carbocycles. The van der Waals surface area contributed by atoms with Gasteiger partial charge < -0.3 is 21.4 Å². The molecule has 156 valence electrons. The van der Waals surface area contributed by atoms with E-state index in [-0.39, 0.29) is 0 Å². The quantitative estimate of drug-likeness (QED) is 0.235. The van der Waals surface area contributed by atoms with Crippen molar-refractivity contribution < 1.29 is 0 Å². The third-order valence-corrected chi connectivity index (χ3v) is 5.16. The molecule has 0 bridgehead atoms. The van der Waals surface area contributed by atoms with Crippen molar-refractivity contribution in [1.82, 2.24) is 10.3 Å². The highest BCUT2D eigenvalue weighted by Gasteiger charge is 2.11. The second-order valence-electron chi connectivity index (χ2n) is 6.77. The SMILES string of the molecule is CN=CN.CNCCc1cc(Nc2ccc(Cl)cc2)cc2c1[nH]c1ccc(Cl)cc12.